The molecule has 2 N–H and O–H groups in total. The third-order valence-electron chi connectivity index (χ3n) is 3.66. The van der Waals surface area contributed by atoms with Crippen LogP contribution in [0.15, 0.2) is 47.6 Å². The van der Waals surface area contributed by atoms with Crippen molar-refractivity contribution in [3.8, 4) is 11.5 Å². The maximum absolute atomic E-state index is 11.8. The van der Waals surface area contributed by atoms with Gasteiger partial charge in [0.2, 0.25) is 5.91 Å². The van der Waals surface area contributed by atoms with Crippen LogP contribution in [0.25, 0.3) is 0 Å². The van der Waals surface area contributed by atoms with E-state index in [2.05, 4.69) is 16.6 Å². The lowest BCUT2D eigenvalue weighted by atomic mass is 10.1. The molecule has 0 saturated carbocycles. The van der Waals surface area contributed by atoms with Gasteiger partial charge >= 0.3 is 0 Å². The van der Waals surface area contributed by atoms with E-state index < -0.39 is 0 Å². The fourth-order valence-electron chi connectivity index (χ4n) is 2.38. The van der Waals surface area contributed by atoms with Crippen LogP contribution in [-0.2, 0) is 11.2 Å². The first-order chi connectivity index (χ1) is 11.6. The van der Waals surface area contributed by atoms with Gasteiger partial charge in [-0.2, -0.15) is 5.10 Å². The fourth-order valence-corrected chi connectivity index (χ4v) is 2.38. The van der Waals surface area contributed by atoms with E-state index in [4.69, 9.17) is 4.74 Å². The molecule has 2 aromatic rings. The van der Waals surface area contributed by atoms with Gasteiger partial charge in [0.15, 0.2) is 0 Å². The van der Waals surface area contributed by atoms with Crippen LogP contribution < -0.4 is 10.2 Å². The number of methoxy groups -OCH3 is 1. The summed E-state index contributed by atoms with van der Waals surface area (Å²) >= 11 is 0. The second-order valence-electron chi connectivity index (χ2n) is 5.51. The molecule has 0 heterocycles. The summed E-state index contributed by atoms with van der Waals surface area (Å²) in [7, 11) is 1.65. The van der Waals surface area contributed by atoms with Gasteiger partial charge in [0, 0.05) is 12.0 Å². The van der Waals surface area contributed by atoms with Crippen LogP contribution in [0.5, 0.6) is 11.5 Å². The second-order valence-corrected chi connectivity index (χ2v) is 5.51. The first kappa shape index (κ1) is 17.5. The molecule has 0 bridgehead atoms. The van der Waals surface area contributed by atoms with Gasteiger partial charge in [0.05, 0.1) is 13.3 Å². The van der Waals surface area contributed by atoms with Crippen LogP contribution >= 0.6 is 0 Å². The highest BCUT2D eigenvalue weighted by molar-refractivity contribution is 5.84. The van der Waals surface area contributed by atoms with Crippen LogP contribution in [0.1, 0.15) is 29.5 Å². The number of rotatable bonds is 7. The molecule has 0 atom stereocenters. The molecular formula is C19H22N2O3. The Morgan fingerprint density at radius 1 is 1.29 bits per heavy atom. The average molecular weight is 326 g/mol. The first-order valence-electron chi connectivity index (χ1n) is 7.83. The summed E-state index contributed by atoms with van der Waals surface area (Å²) in [5.41, 5.74) is 5.30. The van der Waals surface area contributed by atoms with Crippen molar-refractivity contribution in [1.82, 2.24) is 5.43 Å². The Bertz CT molecular complexity index is 726. The second kappa shape index (κ2) is 8.72. The zero-order valence-electron chi connectivity index (χ0n) is 14.0. The molecule has 0 aromatic heterocycles. The zero-order valence-corrected chi connectivity index (χ0v) is 14.0. The van der Waals surface area contributed by atoms with Crippen molar-refractivity contribution in [2.45, 2.75) is 26.2 Å². The minimum Gasteiger partial charge on any atom is -0.507 e. The molecule has 0 aliphatic rings. The molecule has 1 amide bonds. The number of hydrogen-bond acceptors (Lipinski definition) is 4. The van der Waals surface area contributed by atoms with Crippen LogP contribution in [0.2, 0.25) is 0 Å². The number of para-hydroxylation sites is 1. The lowest BCUT2D eigenvalue weighted by Crippen LogP contribution is -2.17. The standard InChI is InChI=1S/C19H22N2O3/c1-14-12-15(10-11-18(14)24-2)6-5-9-19(23)21-20-13-16-7-3-4-8-17(16)22/h3-4,7-8,10-13,22H,5-6,9H2,1-2H3,(H,21,23)/b20-13-. The Morgan fingerprint density at radius 2 is 2.08 bits per heavy atom. The largest absolute Gasteiger partial charge is 0.507 e. The number of hydrazone groups is 1. The molecule has 126 valence electrons. The van der Waals surface area contributed by atoms with E-state index in [0.717, 1.165) is 24.2 Å². The van der Waals surface area contributed by atoms with E-state index in [9.17, 15) is 9.90 Å². The number of aromatic hydroxyl groups is 1. The molecule has 0 aliphatic carbocycles. The molecule has 24 heavy (non-hydrogen) atoms. The van der Waals surface area contributed by atoms with Gasteiger partial charge < -0.3 is 9.84 Å². The number of nitrogens with zero attached hydrogens (tertiary/aromatic N) is 1. The quantitative estimate of drug-likeness (QED) is 0.606. The van der Waals surface area contributed by atoms with E-state index in [1.807, 2.05) is 19.1 Å². The Hall–Kier alpha value is -2.82. The van der Waals surface area contributed by atoms with Gasteiger partial charge in [-0.05, 0) is 49.1 Å². The van der Waals surface area contributed by atoms with E-state index in [1.54, 1.807) is 31.4 Å². The van der Waals surface area contributed by atoms with Crippen molar-refractivity contribution >= 4 is 12.1 Å². The molecule has 5 heteroatoms. The molecule has 5 nitrogen and oxygen atoms in total. The molecule has 0 radical (unpaired) electrons. The smallest absolute Gasteiger partial charge is 0.240 e. The summed E-state index contributed by atoms with van der Waals surface area (Å²) in [6.45, 7) is 2.00. The summed E-state index contributed by atoms with van der Waals surface area (Å²) in [5.74, 6) is 0.854. The van der Waals surface area contributed by atoms with Crippen molar-refractivity contribution < 1.29 is 14.6 Å². The van der Waals surface area contributed by atoms with Crippen molar-refractivity contribution in [3.63, 3.8) is 0 Å². The van der Waals surface area contributed by atoms with Crippen LogP contribution in [-0.4, -0.2) is 24.3 Å². The van der Waals surface area contributed by atoms with E-state index >= 15 is 0 Å². The Labute approximate surface area is 142 Å². The third-order valence-corrected chi connectivity index (χ3v) is 3.66. The van der Waals surface area contributed by atoms with Crippen LogP contribution in [0.3, 0.4) is 0 Å². The number of hydrogen-bond donors (Lipinski definition) is 2. The Morgan fingerprint density at radius 3 is 2.79 bits per heavy atom. The predicted molar refractivity (Wildman–Crippen MR) is 94.5 cm³/mol. The van der Waals surface area contributed by atoms with Gasteiger partial charge in [-0.25, -0.2) is 5.43 Å². The highest BCUT2D eigenvalue weighted by atomic mass is 16.5. The van der Waals surface area contributed by atoms with Crippen molar-refractivity contribution in [2.24, 2.45) is 5.10 Å². The summed E-state index contributed by atoms with van der Waals surface area (Å²) in [6.07, 6.45) is 3.38. The first-order valence-corrected chi connectivity index (χ1v) is 7.83. The van der Waals surface area contributed by atoms with Crippen molar-refractivity contribution in [2.75, 3.05) is 7.11 Å². The molecule has 0 spiro atoms. The summed E-state index contributed by atoms with van der Waals surface area (Å²) in [6, 6.07) is 12.8. The minimum atomic E-state index is -0.146. The van der Waals surface area contributed by atoms with Gasteiger partial charge in [-0.1, -0.05) is 24.3 Å². The Kier molecular flexibility index (Phi) is 6.37. The number of amides is 1. The van der Waals surface area contributed by atoms with Crippen LogP contribution in [0, 0.1) is 6.92 Å². The lowest BCUT2D eigenvalue weighted by molar-refractivity contribution is -0.121. The number of ether oxygens (including phenoxy) is 1. The van der Waals surface area contributed by atoms with Gasteiger partial charge in [0.25, 0.3) is 0 Å². The van der Waals surface area contributed by atoms with E-state index in [0.29, 0.717) is 12.0 Å². The maximum atomic E-state index is 11.8. The SMILES string of the molecule is COc1ccc(CCCC(=O)N/N=C\c2ccccc2O)cc1C. The average Bonchev–Trinajstić information content (AvgIpc) is 2.57. The monoisotopic (exact) mass is 326 g/mol. The topological polar surface area (TPSA) is 70.9 Å². The molecule has 0 unspecified atom stereocenters. The van der Waals surface area contributed by atoms with Gasteiger partial charge in [0.1, 0.15) is 11.5 Å². The number of aryl methyl sites for hydroxylation is 2. The van der Waals surface area contributed by atoms with Crippen molar-refractivity contribution in [3.05, 3.63) is 59.2 Å². The maximum Gasteiger partial charge on any atom is 0.240 e. The highest BCUT2D eigenvalue weighted by Gasteiger charge is 2.03. The summed E-state index contributed by atoms with van der Waals surface area (Å²) in [5, 5.41) is 13.5. The van der Waals surface area contributed by atoms with E-state index in [1.165, 1.54) is 11.8 Å². The van der Waals surface area contributed by atoms with Crippen molar-refractivity contribution in [1.29, 1.82) is 0 Å². The number of phenolic OH excluding ortho intramolecular Hbond substituents is 1. The number of carbonyl (C=O) groups is 1. The van der Waals surface area contributed by atoms with Gasteiger partial charge in [-0.15, -0.1) is 0 Å². The molecule has 2 aromatic carbocycles. The fraction of sp³-hybridized carbons (Fsp3) is 0.263. The molecular weight excluding hydrogens is 304 g/mol. The number of benzene rings is 2. The Balaban J connectivity index is 1.75. The summed E-state index contributed by atoms with van der Waals surface area (Å²) < 4.78 is 5.23. The number of phenols is 1. The predicted octanol–water partition coefficient (Wildman–Crippen LogP) is 3.18. The molecule has 2 rings (SSSR count). The number of carbonyl (C=O) groups excluding carboxylic acids is 1. The molecule has 0 fully saturated rings. The molecule has 0 saturated heterocycles. The normalized spacial score (nSPS) is 10.8. The highest BCUT2D eigenvalue weighted by Crippen LogP contribution is 2.19. The minimum absolute atomic E-state index is 0.130. The lowest BCUT2D eigenvalue weighted by Gasteiger charge is -2.07. The van der Waals surface area contributed by atoms with E-state index in [-0.39, 0.29) is 11.7 Å². The van der Waals surface area contributed by atoms with Gasteiger partial charge in [-0.3, -0.25) is 4.79 Å². The third kappa shape index (κ3) is 5.12. The molecule has 0 aliphatic heterocycles. The zero-order chi connectivity index (χ0) is 17.4. The summed E-state index contributed by atoms with van der Waals surface area (Å²) in [4.78, 5) is 11.8. The number of nitrogens with one attached hydrogen (secondary N) is 1. The van der Waals surface area contributed by atoms with Crippen LogP contribution in [0.4, 0.5) is 0 Å².